The molecule has 9 heteroatoms. The number of piperidine rings is 1. The van der Waals surface area contributed by atoms with E-state index in [0.717, 1.165) is 82.6 Å². The Morgan fingerprint density at radius 3 is 2.32 bits per heavy atom. The molecular formula is C41H67FN4O4. The number of fused-ring (bicyclic) bond motifs is 7. The molecule has 4 saturated heterocycles. The highest BCUT2D eigenvalue weighted by Gasteiger charge is 2.69. The van der Waals surface area contributed by atoms with E-state index in [9.17, 15) is 14.0 Å². The third kappa shape index (κ3) is 6.18. The van der Waals surface area contributed by atoms with Gasteiger partial charge in [0.25, 0.3) is 0 Å². The fourth-order valence-electron chi connectivity index (χ4n) is 13.9. The normalized spacial score (nSPS) is 47.0. The number of hydrogen-bond donors (Lipinski definition) is 1. The zero-order chi connectivity index (χ0) is 34.8. The first-order valence-electron chi connectivity index (χ1n) is 20.9. The van der Waals surface area contributed by atoms with E-state index in [2.05, 4.69) is 42.8 Å². The molecule has 8 nitrogen and oxygen atoms in total. The standard InChI is InChI=1S/C41H67FN4O4/c1-27-7-14-41(49-26-27)28(2)38-35(50-41)24-34-32-6-5-29-23-30(8-12-39(29,3)33(32)9-13-40(34,38)4)43-36(47)25-37(48)46-21-19-45(20-22-46)31-10-16-44(17-11-31)18-15-42/h27-35,38H,5-26H2,1-4H3,(H,43,47)/t27-,28+,29?,30?,32-,33?,34+,35?,38?,39+,40+,41-/m1/s1. The van der Waals surface area contributed by atoms with Gasteiger partial charge < -0.3 is 24.6 Å². The van der Waals surface area contributed by atoms with E-state index in [1.54, 1.807) is 0 Å². The van der Waals surface area contributed by atoms with Crippen LogP contribution in [0, 0.1) is 52.3 Å². The van der Waals surface area contributed by atoms with Crippen LogP contribution in [-0.4, -0.2) is 110 Å². The van der Waals surface area contributed by atoms with Crippen LogP contribution in [0.1, 0.15) is 111 Å². The first-order valence-corrected chi connectivity index (χ1v) is 20.9. The van der Waals surface area contributed by atoms with E-state index in [4.69, 9.17) is 9.47 Å². The molecule has 0 aromatic rings. The molecule has 1 spiro atoms. The summed E-state index contributed by atoms with van der Waals surface area (Å²) >= 11 is 0. The summed E-state index contributed by atoms with van der Waals surface area (Å²) in [7, 11) is 0. The van der Waals surface area contributed by atoms with Crippen molar-refractivity contribution in [2.45, 2.75) is 135 Å². The molecule has 0 aromatic heterocycles. The number of ether oxygens (including phenoxy) is 2. The Bertz CT molecular complexity index is 1240. The van der Waals surface area contributed by atoms with Gasteiger partial charge in [0.1, 0.15) is 13.1 Å². The number of likely N-dealkylation sites (tertiary alicyclic amines) is 1. The molecule has 0 aromatic carbocycles. The lowest BCUT2D eigenvalue weighted by Gasteiger charge is -2.61. The van der Waals surface area contributed by atoms with Crippen molar-refractivity contribution in [2.24, 2.45) is 52.3 Å². The zero-order valence-electron chi connectivity index (χ0n) is 31.7. The maximum absolute atomic E-state index is 13.2. The molecule has 4 aliphatic carbocycles. The second kappa shape index (κ2) is 13.8. The van der Waals surface area contributed by atoms with Crippen LogP contribution >= 0.6 is 0 Å². The lowest BCUT2D eigenvalue weighted by atomic mass is 9.44. The number of amides is 2. The van der Waals surface area contributed by atoms with E-state index >= 15 is 0 Å². The van der Waals surface area contributed by atoms with Gasteiger partial charge in [-0.05, 0) is 130 Å². The topological polar surface area (TPSA) is 74.3 Å². The lowest BCUT2D eigenvalue weighted by molar-refractivity contribution is -0.273. The van der Waals surface area contributed by atoms with E-state index in [-0.39, 0.29) is 36.7 Å². The van der Waals surface area contributed by atoms with Gasteiger partial charge in [0, 0.05) is 57.1 Å². The molecule has 5 unspecified atom stereocenters. The molecular weight excluding hydrogens is 631 g/mol. The van der Waals surface area contributed by atoms with Crippen LogP contribution in [0.15, 0.2) is 0 Å². The summed E-state index contributed by atoms with van der Waals surface area (Å²) in [4.78, 5) is 33.0. The van der Waals surface area contributed by atoms with Gasteiger partial charge in [0.2, 0.25) is 11.8 Å². The zero-order valence-corrected chi connectivity index (χ0v) is 31.7. The highest BCUT2D eigenvalue weighted by atomic mass is 19.1. The molecule has 0 bridgehead atoms. The van der Waals surface area contributed by atoms with Crippen LogP contribution in [0.5, 0.6) is 0 Å². The maximum Gasteiger partial charge on any atom is 0.232 e. The molecule has 8 fully saturated rings. The van der Waals surface area contributed by atoms with Gasteiger partial charge in [-0.25, -0.2) is 4.39 Å². The number of alkyl halides is 1. The minimum atomic E-state index is -0.338. The molecule has 2 amide bonds. The fourth-order valence-corrected chi connectivity index (χ4v) is 13.9. The second-order valence-electron chi connectivity index (χ2n) is 19.1. The minimum Gasteiger partial charge on any atom is -0.353 e. The molecule has 282 valence electrons. The van der Waals surface area contributed by atoms with Gasteiger partial charge in [-0.2, -0.15) is 0 Å². The Morgan fingerprint density at radius 1 is 0.840 bits per heavy atom. The molecule has 4 heterocycles. The van der Waals surface area contributed by atoms with E-state index in [1.807, 2.05) is 4.90 Å². The van der Waals surface area contributed by atoms with E-state index < -0.39 is 0 Å². The van der Waals surface area contributed by atoms with Crippen LogP contribution in [-0.2, 0) is 19.1 Å². The fraction of sp³-hybridized carbons (Fsp3) is 0.951. The number of carbonyl (C=O) groups excluding carboxylic acids is 2. The Balaban J connectivity index is 0.812. The highest BCUT2D eigenvalue weighted by Crippen LogP contribution is 2.71. The smallest absolute Gasteiger partial charge is 0.232 e. The quantitative estimate of drug-likeness (QED) is 0.349. The van der Waals surface area contributed by atoms with Crippen molar-refractivity contribution in [1.82, 2.24) is 20.0 Å². The molecule has 4 aliphatic heterocycles. The number of carbonyl (C=O) groups is 2. The number of rotatable bonds is 6. The van der Waals surface area contributed by atoms with E-state index in [1.165, 1.54) is 44.9 Å². The summed E-state index contributed by atoms with van der Waals surface area (Å²) in [5.41, 5.74) is 0.697. The van der Waals surface area contributed by atoms with Gasteiger partial charge >= 0.3 is 0 Å². The Morgan fingerprint density at radius 2 is 1.60 bits per heavy atom. The van der Waals surface area contributed by atoms with Gasteiger partial charge in [-0.15, -0.1) is 0 Å². The molecule has 12 atom stereocenters. The summed E-state index contributed by atoms with van der Waals surface area (Å²) in [5, 5.41) is 3.34. The molecule has 0 radical (unpaired) electrons. The number of piperazine rings is 1. The van der Waals surface area contributed by atoms with Crippen LogP contribution in [0.3, 0.4) is 0 Å². The van der Waals surface area contributed by atoms with Crippen LogP contribution in [0.4, 0.5) is 4.39 Å². The van der Waals surface area contributed by atoms with Crippen LogP contribution in [0.2, 0.25) is 0 Å². The van der Waals surface area contributed by atoms with Crippen LogP contribution < -0.4 is 5.32 Å². The third-order valence-corrected chi connectivity index (χ3v) is 16.8. The van der Waals surface area contributed by atoms with Crippen molar-refractivity contribution in [2.75, 3.05) is 59.1 Å². The first kappa shape index (κ1) is 35.7. The predicted octanol–water partition coefficient (Wildman–Crippen LogP) is 5.89. The molecule has 8 aliphatic rings. The average molecular weight is 699 g/mol. The number of halogens is 1. The van der Waals surface area contributed by atoms with Gasteiger partial charge in [0.05, 0.1) is 12.7 Å². The number of nitrogens with zero attached hydrogens (tertiary/aromatic N) is 3. The van der Waals surface area contributed by atoms with Crippen molar-refractivity contribution >= 4 is 11.8 Å². The van der Waals surface area contributed by atoms with E-state index in [0.29, 0.717) is 66.3 Å². The average Bonchev–Trinajstić information content (AvgIpc) is 3.56. The highest BCUT2D eigenvalue weighted by molar-refractivity contribution is 5.97. The Labute approximate surface area is 301 Å². The summed E-state index contributed by atoms with van der Waals surface area (Å²) < 4.78 is 26.3. The van der Waals surface area contributed by atoms with Crippen LogP contribution in [0.25, 0.3) is 0 Å². The van der Waals surface area contributed by atoms with Crippen molar-refractivity contribution in [3.63, 3.8) is 0 Å². The summed E-state index contributed by atoms with van der Waals surface area (Å²) in [6.07, 6.45) is 14.5. The number of hydrogen-bond acceptors (Lipinski definition) is 6. The summed E-state index contributed by atoms with van der Waals surface area (Å²) in [6, 6.07) is 0.716. The molecule has 8 rings (SSSR count). The Hall–Kier alpha value is -1.29. The number of nitrogens with one attached hydrogen (secondary N) is 1. The lowest BCUT2D eigenvalue weighted by Crippen LogP contribution is -2.56. The van der Waals surface area contributed by atoms with Crippen molar-refractivity contribution < 1.29 is 23.5 Å². The molecule has 1 N–H and O–H groups in total. The van der Waals surface area contributed by atoms with Gasteiger partial charge in [-0.3, -0.25) is 14.5 Å². The molecule has 50 heavy (non-hydrogen) atoms. The summed E-state index contributed by atoms with van der Waals surface area (Å²) in [5.74, 6) is 4.23. The predicted molar refractivity (Wildman–Crippen MR) is 192 cm³/mol. The van der Waals surface area contributed by atoms with Crippen molar-refractivity contribution in [3.8, 4) is 0 Å². The second-order valence-corrected chi connectivity index (χ2v) is 19.1. The van der Waals surface area contributed by atoms with Gasteiger partial charge in [0.15, 0.2) is 5.79 Å². The molecule has 4 saturated carbocycles. The third-order valence-electron chi connectivity index (χ3n) is 16.8. The van der Waals surface area contributed by atoms with Crippen molar-refractivity contribution in [1.29, 1.82) is 0 Å². The van der Waals surface area contributed by atoms with Gasteiger partial charge in [-0.1, -0.05) is 27.7 Å². The summed E-state index contributed by atoms with van der Waals surface area (Å²) in [6.45, 7) is 16.2. The maximum atomic E-state index is 13.2. The SMILES string of the molecule is C[C@@H]1CC[C@@]2(OC1)OC1C[C@H]3[C@@H]4CCC5CC(NC(=O)CC(=O)N6CCN(C7CCN(CCF)CC7)CC6)CC[C@]5(C)C4CC[C@]3(C)C1[C@@H]2C. The monoisotopic (exact) mass is 699 g/mol. The van der Waals surface area contributed by atoms with Crippen molar-refractivity contribution in [3.05, 3.63) is 0 Å². The largest absolute Gasteiger partial charge is 0.353 e. The Kier molecular flexibility index (Phi) is 9.89. The first-order chi connectivity index (χ1) is 24.0. The minimum absolute atomic E-state index is 0.0264.